The summed E-state index contributed by atoms with van der Waals surface area (Å²) in [6.07, 6.45) is 0.501. The molecule has 2 rings (SSSR count). The second-order valence-corrected chi connectivity index (χ2v) is 4.61. The Labute approximate surface area is 114 Å². The first kappa shape index (κ1) is 13.7. The molecule has 0 atom stereocenters. The van der Waals surface area contributed by atoms with Gasteiger partial charge in [0.1, 0.15) is 11.6 Å². The summed E-state index contributed by atoms with van der Waals surface area (Å²) in [5.41, 5.74) is 0.725. The molecule has 0 radical (unpaired) electrons. The van der Waals surface area contributed by atoms with Gasteiger partial charge in [0, 0.05) is 11.4 Å². The number of halogens is 3. The highest BCUT2D eigenvalue weighted by Crippen LogP contribution is 2.17. The second-order valence-electron chi connectivity index (χ2n) is 4.18. The maximum atomic E-state index is 13.5. The van der Waals surface area contributed by atoms with Gasteiger partial charge in [-0.25, -0.2) is 8.78 Å². The van der Waals surface area contributed by atoms with Crippen LogP contribution in [0.2, 0.25) is 5.02 Å². The molecule has 0 aliphatic rings. The monoisotopic (exact) mass is 280 g/mol. The van der Waals surface area contributed by atoms with Crippen molar-refractivity contribution in [3.8, 4) is 0 Å². The normalized spacial score (nSPS) is 10.5. The van der Waals surface area contributed by atoms with Crippen molar-refractivity contribution in [2.45, 2.75) is 12.8 Å². The van der Waals surface area contributed by atoms with Crippen molar-refractivity contribution in [1.29, 1.82) is 0 Å². The van der Waals surface area contributed by atoms with E-state index in [9.17, 15) is 13.6 Å². The van der Waals surface area contributed by atoms with Crippen LogP contribution in [0, 0.1) is 11.6 Å². The third kappa shape index (κ3) is 3.61. The van der Waals surface area contributed by atoms with Crippen molar-refractivity contribution in [2.24, 2.45) is 0 Å². The van der Waals surface area contributed by atoms with E-state index < -0.39 is 5.82 Å². The molecule has 98 valence electrons. The molecular formula is C15H11ClF2O. The number of benzene rings is 2. The molecule has 2 aromatic carbocycles. The maximum Gasteiger partial charge on any atom is 0.166 e. The highest BCUT2D eigenvalue weighted by molar-refractivity contribution is 6.30. The molecule has 0 saturated heterocycles. The van der Waals surface area contributed by atoms with Crippen LogP contribution in [0.25, 0.3) is 0 Å². The smallest absolute Gasteiger partial charge is 0.166 e. The predicted molar refractivity (Wildman–Crippen MR) is 70.5 cm³/mol. The number of hydrogen-bond donors (Lipinski definition) is 0. The van der Waals surface area contributed by atoms with Gasteiger partial charge in [-0.3, -0.25) is 4.79 Å². The average molecular weight is 281 g/mol. The van der Waals surface area contributed by atoms with E-state index in [1.54, 1.807) is 12.1 Å². The molecule has 4 heteroatoms. The minimum Gasteiger partial charge on any atom is -0.294 e. The highest BCUT2D eigenvalue weighted by Gasteiger charge is 2.12. The van der Waals surface area contributed by atoms with Gasteiger partial charge in [-0.05, 0) is 42.3 Å². The molecule has 0 unspecified atom stereocenters. The first-order chi connectivity index (χ1) is 9.06. The zero-order valence-electron chi connectivity index (χ0n) is 10.00. The number of Topliss-reactive ketones (excluding diaryl/α,β-unsaturated/α-hetero) is 1. The number of hydrogen-bond acceptors (Lipinski definition) is 1. The minimum absolute atomic E-state index is 0.0146. The van der Waals surface area contributed by atoms with Crippen LogP contribution in [0.15, 0.2) is 42.5 Å². The van der Waals surface area contributed by atoms with Crippen LogP contribution in [0.1, 0.15) is 22.3 Å². The SMILES string of the molecule is O=C(CCc1cccc(F)c1)c1ccc(Cl)cc1F. The average Bonchev–Trinajstić information content (AvgIpc) is 2.36. The molecule has 0 amide bonds. The standard InChI is InChI=1S/C15H11ClF2O/c16-11-5-6-13(14(18)9-11)15(19)7-4-10-2-1-3-12(17)8-10/h1-3,5-6,8-9H,4,7H2. The quantitative estimate of drug-likeness (QED) is 0.757. The number of rotatable bonds is 4. The van der Waals surface area contributed by atoms with Gasteiger partial charge in [-0.1, -0.05) is 23.7 Å². The van der Waals surface area contributed by atoms with Crippen LogP contribution in [-0.2, 0) is 6.42 Å². The summed E-state index contributed by atoms with van der Waals surface area (Å²) in [7, 11) is 0. The molecule has 0 aliphatic carbocycles. The molecule has 1 nitrogen and oxygen atoms in total. The van der Waals surface area contributed by atoms with E-state index in [0.29, 0.717) is 12.0 Å². The van der Waals surface area contributed by atoms with Crippen LogP contribution in [0.5, 0.6) is 0 Å². The zero-order valence-corrected chi connectivity index (χ0v) is 10.8. The Balaban J connectivity index is 2.05. The molecular weight excluding hydrogens is 270 g/mol. The number of carbonyl (C=O) groups excluding carboxylic acids is 1. The summed E-state index contributed by atoms with van der Waals surface area (Å²) in [5, 5.41) is 0.249. The molecule has 0 fully saturated rings. The van der Waals surface area contributed by atoms with Crippen molar-refractivity contribution < 1.29 is 13.6 Å². The lowest BCUT2D eigenvalue weighted by atomic mass is 10.0. The van der Waals surface area contributed by atoms with E-state index in [1.807, 2.05) is 0 Å². The van der Waals surface area contributed by atoms with Crippen LogP contribution < -0.4 is 0 Å². The molecule has 0 N–H and O–H groups in total. The summed E-state index contributed by atoms with van der Waals surface area (Å²) in [6, 6.07) is 9.96. The van der Waals surface area contributed by atoms with E-state index in [1.165, 1.54) is 24.3 Å². The maximum absolute atomic E-state index is 13.5. The Morgan fingerprint density at radius 2 is 1.89 bits per heavy atom. The number of ketones is 1. The molecule has 0 aromatic heterocycles. The van der Waals surface area contributed by atoms with Gasteiger partial charge in [-0.15, -0.1) is 0 Å². The lowest BCUT2D eigenvalue weighted by molar-refractivity contribution is 0.0979. The van der Waals surface area contributed by atoms with E-state index in [0.717, 1.165) is 6.07 Å². The molecule has 2 aromatic rings. The number of aryl methyl sites for hydroxylation is 1. The van der Waals surface area contributed by atoms with Gasteiger partial charge < -0.3 is 0 Å². The molecule has 0 aliphatic heterocycles. The van der Waals surface area contributed by atoms with Crippen LogP contribution in [-0.4, -0.2) is 5.78 Å². The van der Waals surface area contributed by atoms with E-state index in [-0.39, 0.29) is 28.6 Å². The van der Waals surface area contributed by atoms with E-state index in [4.69, 9.17) is 11.6 Å². The van der Waals surface area contributed by atoms with Crippen molar-refractivity contribution in [3.05, 3.63) is 70.2 Å². The summed E-state index contributed by atoms with van der Waals surface area (Å²) >= 11 is 5.62. The van der Waals surface area contributed by atoms with Gasteiger partial charge in [0.15, 0.2) is 5.78 Å². The molecule has 19 heavy (non-hydrogen) atoms. The van der Waals surface area contributed by atoms with Gasteiger partial charge in [0.2, 0.25) is 0 Å². The molecule has 0 heterocycles. The Kier molecular flexibility index (Phi) is 4.27. The topological polar surface area (TPSA) is 17.1 Å². The van der Waals surface area contributed by atoms with E-state index in [2.05, 4.69) is 0 Å². The highest BCUT2D eigenvalue weighted by atomic mass is 35.5. The Morgan fingerprint density at radius 3 is 2.58 bits per heavy atom. The second kappa shape index (κ2) is 5.93. The summed E-state index contributed by atoms with van der Waals surface area (Å²) in [6.45, 7) is 0. The Bertz CT molecular complexity index is 611. The van der Waals surface area contributed by atoms with Crippen molar-refractivity contribution in [3.63, 3.8) is 0 Å². The van der Waals surface area contributed by atoms with Crippen LogP contribution in [0.4, 0.5) is 8.78 Å². The van der Waals surface area contributed by atoms with Crippen molar-refractivity contribution >= 4 is 17.4 Å². The fourth-order valence-electron chi connectivity index (χ4n) is 1.80. The minimum atomic E-state index is -0.628. The fourth-order valence-corrected chi connectivity index (χ4v) is 1.96. The fraction of sp³-hybridized carbons (Fsp3) is 0.133. The van der Waals surface area contributed by atoms with Crippen LogP contribution in [0.3, 0.4) is 0 Å². The third-order valence-corrected chi connectivity index (χ3v) is 3.00. The van der Waals surface area contributed by atoms with Crippen molar-refractivity contribution in [2.75, 3.05) is 0 Å². The van der Waals surface area contributed by atoms with Crippen molar-refractivity contribution in [1.82, 2.24) is 0 Å². The largest absolute Gasteiger partial charge is 0.294 e. The van der Waals surface area contributed by atoms with Gasteiger partial charge in [0.05, 0.1) is 5.56 Å². The lowest BCUT2D eigenvalue weighted by Gasteiger charge is -2.04. The van der Waals surface area contributed by atoms with Crippen LogP contribution >= 0.6 is 11.6 Å². The first-order valence-electron chi connectivity index (χ1n) is 5.79. The van der Waals surface area contributed by atoms with E-state index >= 15 is 0 Å². The number of carbonyl (C=O) groups is 1. The predicted octanol–water partition coefficient (Wildman–Crippen LogP) is 4.43. The molecule has 0 bridgehead atoms. The zero-order chi connectivity index (χ0) is 13.8. The molecule has 0 saturated carbocycles. The van der Waals surface area contributed by atoms with Gasteiger partial charge in [-0.2, -0.15) is 0 Å². The third-order valence-electron chi connectivity index (χ3n) is 2.76. The summed E-state index contributed by atoms with van der Waals surface area (Å²) in [5.74, 6) is -1.29. The lowest BCUT2D eigenvalue weighted by Crippen LogP contribution is -2.04. The Morgan fingerprint density at radius 1 is 1.11 bits per heavy atom. The molecule has 0 spiro atoms. The van der Waals surface area contributed by atoms with Gasteiger partial charge in [0.25, 0.3) is 0 Å². The summed E-state index contributed by atoms with van der Waals surface area (Å²) < 4.78 is 26.5. The summed E-state index contributed by atoms with van der Waals surface area (Å²) in [4.78, 5) is 11.9. The van der Waals surface area contributed by atoms with Gasteiger partial charge >= 0.3 is 0 Å². The first-order valence-corrected chi connectivity index (χ1v) is 6.17. The Hall–Kier alpha value is -1.74.